The maximum Gasteiger partial charge on any atom is 0.353 e. The van der Waals surface area contributed by atoms with Gasteiger partial charge in [0.25, 0.3) is 0 Å². The van der Waals surface area contributed by atoms with E-state index >= 15 is 0 Å². The quantitative estimate of drug-likeness (QED) is 0.311. The van der Waals surface area contributed by atoms with Crippen molar-refractivity contribution in [2.24, 2.45) is 0 Å². The number of fused-ring (bicyclic) bond motifs is 1. The molecular formula is C29H37N5O5. The van der Waals surface area contributed by atoms with Crippen LogP contribution in [0.5, 0.6) is 0 Å². The van der Waals surface area contributed by atoms with Crippen molar-refractivity contribution in [1.82, 2.24) is 15.1 Å². The van der Waals surface area contributed by atoms with Gasteiger partial charge in [-0.1, -0.05) is 0 Å². The van der Waals surface area contributed by atoms with E-state index in [1.165, 1.54) is 0 Å². The van der Waals surface area contributed by atoms with Gasteiger partial charge in [-0.25, -0.2) is 4.79 Å². The molecule has 10 heteroatoms. The first-order valence-corrected chi connectivity index (χ1v) is 13.5. The number of amides is 2. The minimum atomic E-state index is -0.817. The van der Waals surface area contributed by atoms with Gasteiger partial charge in [0, 0.05) is 30.7 Å². The van der Waals surface area contributed by atoms with Crippen LogP contribution in [0.4, 0.5) is 5.69 Å². The Morgan fingerprint density at radius 3 is 2.54 bits per heavy atom. The predicted octanol–water partition coefficient (Wildman–Crippen LogP) is 3.82. The van der Waals surface area contributed by atoms with Gasteiger partial charge in [0.05, 0.1) is 6.54 Å². The van der Waals surface area contributed by atoms with Crippen molar-refractivity contribution >= 4 is 34.4 Å². The van der Waals surface area contributed by atoms with Crippen molar-refractivity contribution in [2.45, 2.75) is 71.4 Å². The predicted molar refractivity (Wildman–Crippen MR) is 146 cm³/mol. The molecule has 1 atom stereocenters. The third kappa shape index (κ3) is 7.11. The highest BCUT2D eigenvalue weighted by atomic mass is 16.6. The van der Waals surface area contributed by atoms with E-state index in [0.717, 1.165) is 49.9 Å². The van der Waals surface area contributed by atoms with Crippen LogP contribution in [0.25, 0.3) is 11.0 Å². The van der Waals surface area contributed by atoms with Gasteiger partial charge < -0.3 is 29.6 Å². The lowest BCUT2D eigenvalue weighted by Crippen LogP contribution is -2.49. The average Bonchev–Trinajstić information content (AvgIpc) is 3.49. The van der Waals surface area contributed by atoms with Gasteiger partial charge in [0.2, 0.25) is 11.8 Å². The third-order valence-corrected chi connectivity index (χ3v) is 6.76. The average molecular weight is 536 g/mol. The molecule has 0 radical (unpaired) electrons. The Morgan fingerprint density at radius 2 is 1.85 bits per heavy atom. The van der Waals surface area contributed by atoms with Gasteiger partial charge >= 0.3 is 5.97 Å². The monoisotopic (exact) mass is 535 g/mol. The number of aryl methyl sites for hydroxylation is 1. The largest absolute Gasteiger partial charge is 0.461 e. The lowest BCUT2D eigenvalue weighted by atomic mass is 10.1. The Labute approximate surface area is 228 Å². The molecule has 1 aromatic heterocycles. The van der Waals surface area contributed by atoms with E-state index in [2.05, 4.69) is 10.6 Å². The summed E-state index contributed by atoms with van der Waals surface area (Å²) in [6.07, 6.45) is 3.97. The van der Waals surface area contributed by atoms with E-state index in [-0.39, 0.29) is 29.8 Å². The summed E-state index contributed by atoms with van der Waals surface area (Å²) in [5.41, 5.74) is 0.221. The normalized spacial score (nSPS) is 18.8. The number of ether oxygens (including phenoxy) is 1. The second-order valence-corrected chi connectivity index (χ2v) is 11.1. The summed E-state index contributed by atoms with van der Waals surface area (Å²) >= 11 is 0. The van der Waals surface area contributed by atoms with E-state index < -0.39 is 17.6 Å². The standard InChI is InChI=1S/C29H37N5O5/c1-19-15-20-16-21(10-11-24(20)38-19)31-26(22(17-30)28(37)39-29(2,3)4)32-23-9-5-6-14-34(27(23)36)18-25(35)33-12-7-8-13-33/h10-11,15-16,23,31-32H,5-9,12-14,18H2,1-4H3/t23-/m0/s1. The zero-order chi connectivity index (χ0) is 28.2. The molecule has 4 rings (SSSR count). The number of furan rings is 1. The number of nitrogens with zero attached hydrogens (tertiary/aromatic N) is 3. The fourth-order valence-electron chi connectivity index (χ4n) is 4.90. The van der Waals surface area contributed by atoms with Crippen LogP contribution < -0.4 is 10.6 Å². The van der Waals surface area contributed by atoms with Crippen LogP contribution in [0.2, 0.25) is 0 Å². The molecule has 1 aromatic carbocycles. The van der Waals surface area contributed by atoms with E-state index in [4.69, 9.17) is 9.15 Å². The third-order valence-electron chi connectivity index (χ3n) is 6.76. The first-order chi connectivity index (χ1) is 18.5. The zero-order valence-corrected chi connectivity index (χ0v) is 23.1. The van der Waals surface area contributed by atoms with E-state index in [9.17, 15) is 19.6 Å². The zero-order valence-electron chi connectivity index (χ0n) is 23.1. The van der Waals surface area contributed by atoms with Crippen LogP contribution in [-0.2, 0) is 19.1 Å². The summed E-state index contributed by atoms with van der Waals surface area (Å²) in [6, 6.07) is 8.53. The summed E-state index contributed by atoms with van der Waals surface area (Å²) in [5.74, 6) is -0.248. The maximum absolute atomic E-state index is 13.6. The summed E-state index contributed by atoms with van der Waals surface area (Å²) < 4.78 is 11.2. The molecule has 3 heterocycles. The highest BCUT2D eigenvalue weighted by Crippen LogP contribution is 2.25. The molecule has 2 N–H and O–H groups in total. The van der Waals surface area contributed by atoms with E-state index in [0.29, 0.717) is 24.2 Å². The first kappa shape index (κ1) is 28.0. The summed E-state index contributed by atoms with van der Waals surface area (Å²) in [6.45, 7) is 8.98. The van der Waals surface area contributed by atoms with Crippen LogP contribution in [-0.4, -0.2) is 65.4 Å². The molecule has 39 heavy (non-hydrogen) atoms. The molecular weight excluding hydrogens is 498 g/mol. The van der Waals surface area contributed by atoms with Crippen LogP contribution in [0.15, 0.2) is 40.1 Å². The van der Waals surface area contributed by atoms with Crippen molar-refractivity contribution < 1.29 is 23.5 Å². The van der Waals surface area contributed by atoms with Gasteiger partial charge in [-0.2, -0.15) is 5.26 Å². The number of hydrogen-bond donors (Lipinski definition) is 2. The number of nitrogens with one attached hydrogen (secondary N) is 2. The van der Waals surface area contributed by atoms with E-state index in [1.54, 1.807) is 42.7 Å². The second kappa shape index (κ2) is 11.8. The molecule has 0 unspecified atom stereocenters. The number of nitriles is 1. The Balaban J connectivity index is 1.62. The highest BCUT2D eigenvalue weighted by molar-refractivity contribution is 5.95. The first-order valence-electron chi connectivity index (χ1n) is 13.5. The number of anilines is 1. The molecule has 2 aliphatic heterocycles. The van der Waals surface area contributed by atoms with Crippen LogP contribution >= 0.6 is 0 Å². The Morgan fingerprint density at radius 1 is 1.13 bits per heavy atom. The Bertz CT molecular complexity index is 1310. The number of likely N-dealkylation sites (tertiary alicyclic amines) is 2. The van der Waals surface area contributed by atoms with Crippen LogP contribution in [0.1, 0.15) is 58.6 Å². The van der Waals surface area contributed by atoms with E-state index in [1.807, 2.05) is 25.1 Å². The maximum atomic E-state index is 13.6. The lowest BCUT2D eigenvalue weighted by Gasteiger charge is -2.28. The van der Waals surface area contributed by atoms with Crippen LogP contribution in [0.3, 0.4) is 0 Å². The number of esters is 1. The molecule has 0 bridgehead atoms. The number of carbonyl (C=O) groups is 3. The highest BCUT2D eigenvalue weighted by Gasteiger charge is 2.32. The molecule has 0 aliphatic carbocycles. The topological polar surface area (TPSA) is 128 Å². The summed E-state index contributed by atoms with van der Waals surface area (Å²) in [4.78, 5) is 42.8. The Hall–Kier alpha value is -4.00. The van der Waals surface area contributed by atoms with Gasteiger partial charge in [-0.05, 0) is 84.1 Å². The smallest absolute Gasteiger partial charge is 0.353 e. The number of benzene rings is 1. The molecule has 2 amide bonds. The minimum absolute atomic E-state index is 0.0250. The number of rotatable bonds is 7. The molecule has 208 valence electrons. The SMILES string of the molecule is Cc1cc2cc(NC(N[C@H]3CCCCN(CC(=O)N4CCCC4)C3=O)=C(C#N)C(=O)OC(C)(C)C)ccc2o1. The Kier molecular flexibility index (Phi) is 8.48. The lowest BCUT2D eigenvalue weighted by molar-refractivity contribution is -0.149. The number of hydrogen-bond acceptors (Lipinski definition) is 8. The number of carbonyl (C=O) groups excluding carboxylic acids is 3. The fraction of sp³-hybridized carbons (Fsp3) is 0.517. The summed E-state index contributed by atoms with van der Waals surface area (Å²) in [7, 11) is 0. The van der Waals surface area contributed by atoms with Gasteiger partial charge in [-0.3, -0.25) is 9.59 Å². The molecule has 0 saturated carbocycles. The van der Waals surface area contributed by atoms with Crippen molar-refractivity contribution in [2.75, 3.05) is 31.5 Å². The molecule has 2 saturated heterocycles. The van der Waals surface area contributed by atoms with Crippen molar-refractivity contribution in [1.29, 1.82) is 5.26 Å². The minimum Gasteiger partial charge on any atom is -0.461 e. The van der Waals surface area contributed by atoms with Crippen molar-refractivity contribution in [3.8, 4) is 6.07 Å². The molecule has 10 nitrogen and oxygen atoms in total. The van der Waals surface area contributed by atoms with Gasteiger partial charge in [0.15, 0.2) is 5.57 Å². The van der Waals surface area contributed by atoms with Crippen molar-refractivity contribution in [3.63, 3.8) is 0 Å². The fourth-order valence-corrected chi connectivity index (χ4v) is 4.90. The molecule has 2 aromatic rings. The molecule has 0 spiro atoms. The summed E-state index contributed by atoms with van der Waals surface area (Å²) in [5, 5.41) is 17.2. The van der Waals surface area contributed by atoms with Crippen molar-refractivity contribution in [3.05, 3.63) is 41.4 Å². The van der Waals surface area contributed by atoms with Gasteiger partial charge in [0.1, 0.15) is 34.9 Å². The molecule has 2 aliphatic rings. The van der Waals surface area contributed by atoms with Gasteiger partial charge in [-0.15, -0.1) is 0 Å². The van der Waals surface area contributed by atoms with Crippen LogP contribution in [0, 0.1) is 18.3 Å². The second-order valence-electron chi connectivity index (χ2n) is 11.1. The molecule has 2 fully saturated rings.